The van der Waals surface area contributed by atoms with Crippen molar-refractivity contribution >= 4 is 12.4 Å². The van der Waals surface area contributed by atoms with Crippen LogP contribution in [0.3, 0.4) is 0 Å². The molecule has 0 bridgehead atoms. The minimum Gasteiger partial charge on any atom is -0.316 e. The van der Waals surface area contributed by atoms with Crippen molar-refractivity contribution in [2.75, 3.05) is 13.1 Å². The van der Waals surface area contributed by atoms with Crippen molar-refractivity contribution in [3.8, 4) is 11.1 Å². The summed E-state index contributed by atoms with van der Waals surface area (Å²) >= 11 is 0. The third-order valence-electron chi connectivity index (χ3n) is 3.94. The SMILES string of the molecule is C[C@@H]1CNCCc2ccc(-c3cc(F)ccc3F)cc21.Cl. The number of benzene rings is 2. The van der Waals surface area contributed by atoms with E-state index in [1.807, 2.05) is 18.2 Å². The summed E-state index contributed by atoms with van der Waals surface area (Å²) in [6.07, 6.45) is 0.978. The van der Waals surface area contributed by atoms with Gasteiger partial charge in [-0.2, -0.15) is 0 Å². The van der Waals surface area contributed by atoms with Gasteiger partial charge in [-0.05, 0) is 53.8 Å². The van der Waals surface area contributed by atoms with Gasteiger partial charge in [0, 0.05) is 12.1 Å². The molecule has 0 aromatic heterocycles. The van der Waals surface area contributed by atoms with Crippen LogP contribution in [0.2, 0.25) is 0 Å². The lowest BCUT2D eigenvalue weighted by Gasteiger charge is -2.14. The van der Waals surface area contributed by atoms with E-state index >= 15 is 0 Å². The van der Waals surface area contributed by atoms with E-state index in [1.54, 1.807) is 0 Å². The zero-order valence-electron chi connectivity index (χ0n) is 11.8. The molecule has 0 radical (unpaired) electrons. The molecule has 0 saturated heterocycles. The number of nitrogens with one attached hydrogen (secondary N) is 1. The van der Waals surface area contributed by atoms with Gasteiger partial charge < -0.3 is 5.32 Å². The lowest BCUT2D eigenvalue weighted by Crippen LogP contribution is -2.18. The van der Waals surface area contributed by atoms with Crippen LogP contribution >= 0.6 is 12.4 Å². The number of rotatable bonds is 1. The average Bonchev–Trinajstić information content (AvgIpc) is 2.63. The van der Waals surface area contributed by atoms with Gasteiger partial charge in [0.2, 0.25) is 0 Å². The van der Waals surface area contributed by atoms with Crippen molar-refractivity contribution in [3.05, 3.63) is 59.2 Å². The van der Waals surface area contributed by atoms with Crippen LogP contribution in [0.4, 0.5) is 8.78 Å². The highest BCUT2D eigenvalue weighted by atomic mass is 35.5. The Balaban J connectivity index is 0.00000161. The highest BCUT2D eigenvalue weighted by molar-refractivity contribution is 5.85. The summed E-state index contributed by atoms with van der Waals surface area (Å²) in [7, 11) is 0. The fraction of sp³-hybridized carbons (Fsp3) is 0.294. The number of hydrogen-bond donors (Lipinski definition) is 1. The Labute approximate surface area is 129 Å². The van der Waals surface area contributed by atoms with Gasteiger partial charge in [0.05, 0.1) is 0 Å². The highest BCUT2D eigenvalue weighted by Gasteiger charge is 2.16. The van der Waals surface area contributed by atoms with Crippen LogP contribution in [0.25, 0.3) is 11.1 Å². The van der Waals surface area contributed by atoms with E-state index in [9.17, 15) is 8.78 Å². The lowest BCUT2D eigenvalue weighted by atomic mass is 9.91. The minimum absolute atomic E-state index is 0. The quantitative estimate of drug-likeness (QED) is 0.828. The van der Waals surface area contributed by atoms with E-state index in [4.69, 9.17) is 0 Å². The van der Waals surface area contributed by atoms with Crippen molar-refractivity contribution in [2.24, 2.45) is 0 Å². The molecule has 1 aliphatic heterocycles. The normalized spacial score (nSPS) is 17.6. The van der Waals surface area contributed by atoms with Gasteiger partial charge in [0.25, 0.3) is 0 Å². The molecule has 2 aromatic carbocycles. The molecule has 1 aliphatic rings. The predicted molar refractivity (Wildman–Crippen MR) is 84.0 cm³/mol. The summed E-state index contributed by atoms with van der Waals surface area (Å²) in [5, 5.41) is 3.39. The lowest BCUT2D eigenvalue weighted by molar-refractivity contribution is 0.603. The molecule has 1 heterocycles. The third-order valence-corrected chi connectivity index (χ3v) is 3.94. The maximum absolute atomic E-state index is 13.9. The predicted octanol–water partition coefficient (Wildman–Crippen LogP) is 4.30. The molecule has 0 fully saturated rings. The molecule has 0 spiro atoms. The molecule has 1 N–H and O–H groups in total. The van der Waals surface area contributed by atoms with Crippen LogP contribution in [0.15, 0.2) is 36.4 Å². The van der Waals surface area contributed by atoms with Crippen LogP contribution in [0, 0.1) is 11.6 Å². The monoisotopic (exact) mass is 309 g/mol. The first-order valence-electron chi connectivity index (χ1n) is 6.94. The number of fused-ring (bicyclic) bond motifs is 1. The van der Waals surface area contributed by atoms with Crippen LogP contribution in [-0.4, -0.2) is 13.1 Å². The van der Waals surface area contributed by atoms with Gasteiger partial charge in [0.1, 0.15) is 11.6 Å². The Morgan fingerprint density at radius 3 is 2.71 bits per heavy atom. The summed E-state index contributed by atoms with van der Waals surface area (Å²) in [5.41, 5.74) is 3.60. The smallest absolute Gasteiger partial charge is 0.131 e. The Morgan fingerprint density at radius 1 is 1.10 bits per heavy atom. The average molecular weight is 310 g/mol. The third kappa shape index (κ3) is 3.25. The van der Waals surface area contributed by atoms with Crippen molar-refractivity contribution < 1.29 is 8.78 Å². The van der Waals surface area contributed by atoms with Crippen LogP contribution in [0.5, 0.6) is 0 Å². The molecule has 0 unspecified atom stereocenters. The standard InChI is InChI=1S/C17H17F2N.ClH/c1-11-10-20-7-6-12-2-3-13(8-15(11)12)16-9-14(18)4-5-17(16)19;/h2-5,8-9,11,20H,6-7,10H2,1H3;1H/t11-;/m1./s1. The fourth-order valence-electron chi connectivity index (χ4n) is 2.82. The Kier molecular flexibility index (Phi) is 4.96. The van der Waals surface area contributed by atoms with Crippen LogP contribution in [-0.2, 0) is 6.42 Å². The number of hydrogen-bond acceptors (Lipinski definition) is 1. The zero-order chi connectivity index (χ0) is 14.1. The van der Waals surface area contributed by atoms with Crippen LogP contribution in [0.1, 0.15) is 24.0 Å². The van der Waals surface area contributed by atoms with E-state index in [1.165, 1.54) is 23.3 Å². The first kappa shape index (κ1) is 15.9. The molecule has 1 atom stereocenters. The van der Waals surface area contributed by atoms with E-state index in [-0.39, 0.29) is 18.2 Å². The van der Waals surface area contributed by atoms with E-state index in [0.717, 1.165) is 31.1 Å². The second-order valence-electron chi connectivity index (χ2n) is 5.39. The maximum Gasteiger partial charge on any atom is 0.131 e. The van der Waals surface area contributed by atoms with Gasteiger partial charge in [-0.15, -0.1) is 12.4 Å². The van der Waals surface area contributed by atoms with Crippen molar-refractivity contribution in [3.63, 3.8) is 0 Å². The van der Waals surface area contributed by atoms with E-state index in [2.05, 4.69) is 12.2 Å². The molecule has 0 amide bonds. The molecule has 4 heteroatoms. The molecule has 112 valence electrons. The summed E-state index contributed by atoms with van der Waals surface area (Å²) in [6, 6.07) is 9.52. The van der Waals surface area contributed by atoms with Gasteiger partial charge in [0.15, 0.2) is 0 Å². The van der Waals surface area contributed by atoms with Crippen LogP contribution < -0.4 is 5.32 Å². The molecular formula is C17H18ClF2N. The second kappa shape index (κ2) is 6.54. The Hall–Kier alpha value is -1.45. The summed E-state index contributed by atoms with van der Waals surface area (Å²) in [6.45, 7) is 4.04. The van der Waals surface area contributed by atoms with E-state index in [0.29, 0.717) is 11.5 Å². The topological polar surface area (TPSA) is 12.0 Å². The summed E-state index contributed by atoms with van der Waals surface area (Å²) < 4.78 is 27.2. The molecular weight excluding hydrogens is 292 g/mol. The largest absolute Gasteiger partial charge is 0.316 e. The molecule has 0 aliphatic carbocycles. The zero-order valence-corrected chi connectivity index (χ0v) is 12.6. The van der Waals surface area contributed by atoms with E-state index < -0.39 is 5.82 Å². The highest BCUT2D eigenvalue weighted by Crippen LogP contribution is 2.30. The molecule has 21 heavy (non-hydrogen) atoms. The summed E-state index contributed by atoms with van der Waals surface area (Å²) in [4.78, 5) is 0. The molecule has 1 nitrogen and oxygen atoms in total. The summed E-state index contributed by atoms with van der Waals surface area (Å²) in [5.74, 6) is -0.416. The molecule has 3 rings (SSSR count). The van der Waals surface area contributed by atoms with Crippen molar-refractivity contribution in [1.82, 2.24) is 5.32 Å². The molecule has 2 aromatic rings. The molecule has 0 saturated carbocycles. The second-order valence-corrected chi connectivity index (χ2v) is 5.39. The van der Waals surface area contributed by atoms with Crippen molar-refractivity contribution in [2.45, 2.75) is 19.3 Å². The maximum atomic E-state index is 13.9. The minimum atomic E-state index is -0.411. The Morgan fingerprint density at radius 2 is 1.90 bits per heavy atom. The Bertz CT molecular complexity index is 643. The van der Waals surface area contributed by atoms with Gasteiger partial charge in [-0.1, -0.05) is 25.1 Å². The number of halogens is 3. The first-order chi connectivity index (χ1) is 9.65. The van der Waals surface area contributed by atoms with Gasteiger partial charge in [-0.25, -0.2) is 8.78 Å². The van der Waals surface area contributed by atoms with Gasteiger partial charge >= 0.3 is 0 Å². The van der Waals surface area contributed by atoms with Gasteiger partial charge in [-0.3, -0.25) is 0 Å². The first-order valence-corrected chi connectivity index (χ1v) is 6.94. The fourth-order valence-corrected chi connectivity index (χ4v) is 2.82. The van der Waals surface area contributed by atoms with Crippen molar-refractivity contribution in [1.29, 1.82) is 0 Å².